The predicted octanol–water partition coefficient (Wildman–Crippen LogP) is 2.32. The van der Waals surface area contributed by atoms with Crippen LogP contribution in [0.5, 0.6) is 0 Å². The molecule has 4 nitrogen and oxygen atoms in total. The Bertz CT molecular complexity index is 341. The average Bonchev–Trinajstić information content (AvgIpc) is 2.36. The normalized spacial score (nSPS) is 9.67. The first kappa shape index (κ1) is 16.9. The number of benzene rings is 1. The van der Waals surface area contributed by atoms with Crippen LogP contribution in [0, 0.1) is 0 Å². The van der Waals surface area contributed by atoms with Crippen LogP contribution in [0.15, 0.2) is 24.3 Å². The van der Waals surface area contributed by atoms with Crippen molar-refractivity contribution in [1.82, 2.24) is 0 Å². The zero-order chi connectivity index (χ0) is 12.5. The summed E-state index contributed by atoms with van der Waals surface area (Å²) >= 11 is 0. The molecule has 5 heteroatoms. The Morgan fingerprint density at radius 3 is 2.56 bits per heavy atom. The molecule has 0 aliphatic heterocycles. The van der Waals surface area contributed by atoms with Crippen LogP contribution in [0.1, 0.15) is 25.3 Å². The van der Waals surface area contributed by atoms with Crippen LogP contribution < -0.4 is 11.1 Å². The van der Waals surface area contributed by atoms with Gasteiger partial charge >= 0.3 is 0 Å². The molecule has 0 heterocycles. The fourth-order valence-corrected chi connectivity index (χ4v) is 1.43. The van der Waals surface area contributed by atoms with Crippen molar-refractivity contribution in [1.29, 1.82) is 0 Å². The molecule has 1 aromatic rings. The van der Waals surface area contributed by atoms with Crippen molar-refractivity contribution in [3.8, 4) is 0 Å². The molecular formula is C13H21ClN2O2. The third-order valence-electron chi connectivity index (χ3n) is 2.37. The van der Waals surface area contributed by atoms with Crippen molar-refractivity contribution in [2.24, 2.45) is 5.73 Å². The number of hydrogen-bond donors (Lipinski definition) is 2. The Morgan fingerprint density at radius 1 is 1.33 bits per heavy atom. The zero-order valence-electron chi connectivity index (χ0n) is 10.6. The van der Waals surface area contributed by atoms with Crippen LogP contribution in [-0.4, -0.2) is 19.1 Å². The summed E-state index contributed by atoms with van der Waals surface area (Å²) in [6.45, 7) is 3.79. The van der Waals surface area contributed by atoms with Crippen LogP contribution in [0.4, 0.5) is 5.69 Å². The van der Waals surface area contributed by atoms with Gasteiger partial charge in [0, 0.05) is 31.9 Å². The van der Waals surface area contributed by atoms with E-state index in [4.69, 9.17) is 10.5 Å². The molecule has 0 aromatic heterocycles. The van der Waals surface area contributed by atoms with E-state index in [1.807, 2.05) is 31.2 Å². The van der Waals surface area contributed by atoms with E-state index in [0.717, 1.165) is 17.7 Å². The minimum Gasteiger partial charge on any atom is -0.382 e. The largest absolute Gasteiger partial charge is 0.382 e. The molecule has 0 saturated carbocycles. The van der Waals surface area contributed by atoms with Gasteiger partial charge in [-0.2, -0.15) is 0 Å². The fourth-order valence-electron chi connectivity index (χ4n) is 1.43. The summed E-state index contributed by atoms with van der Waals surface area (Å²) in [6, 6.07) is 7.55. The molecule has 1 rings (SSSR count). The molecule has 0 unspecified atom stereocenters. The second-order valence-electron chi connectivity index (χ2n) is 3.75. The van der Waals surface area contributed by atoms with Crippen molar-refractivity contribution in [3.05, 3.63) is 29.8 Å². The molecule has 0 bridgehead atoms. The minimum atomic E-state index is 0. The molecule has 1 aromatic carbocycles. The van der Waals surface area contributed by atoms with Crippen molar-refractivity contribution in [2.75, 3.05) is 18.5 Å². The SMILES string of the molecule is CCOCCCC(=O)Nc1ccc(CN)cc1.Cl. The van der Waals surface area contributed by atoms with Gasteiger partial charge in [0.25, 0.3) is 0 Å². The number of rotatable bonds is 7. The summed E-state index contributed by atoms with van der Waals surface area (Å²) < 4.78 is 5.17. The highest BCUT2D eigenvalue weighted by atomic mass is 35.5. The Hall–Kier alpha value is -1.10. The standard InChI is InChI=1S/C13H20N2O2.ClH/c1-2-17-9-3-4-13(16)15-12-7-5-11(10-14)6-8-12;/h5-8H,2-4,9-10,14H2,1H3,(H,15,16);1H. The van der Waals surface area contributed by atoms with Gasteiger partial charge in [-0.3, -0.25) is 4.79 Å². The van der Waals surface area contributed by atoms with E-state index >= 15 is 0 Å². The van der Waals surface area contributed by atoms with Gasteiger partial charge in [0.1, 0.15) is 0 Å². The maximum atomic E-state index is 11.5. The van der Waals surface area contributed by atoms with E-state index in [0.29, 0.717) is 26.2 Å². The van der Waals surface area contributed by atoms with E-state index in [2.05, 4.69) is 5.32 Å². The third-order valence-corrected chi connectivity index (χ3v) is 2.37. The highest BCUT2D eigenvalue weighted by molar-refractivity contribution is 5.90. The number of nitrogens with two attached hydrogens (primary N) is 1. The zero-order valence-corrected chi connectivity index (χ0v) is 11.5. The number of ether oxygens (including phenoxy) is 1. The lowest BCUT2D eigenvalue weighted by molar-refractivity contribution is -0.116. The number of hydrogen-bond acceptors (Lipinski definition) is 3. The summed E-state index contributed by atoms with van der Waals surface area (Å²) in [5.74, 6) is 0.0187. The molecular weight excluding hydrogens is 252 g/mol. The number of nitrogens with one attached hydrogen (secondary N) is 1. The molecule has 0 aliphatic carbocycles. The maximum Gasteiger partial charge on any atom is 0.224 e. The second-order valence-corrected chi connectivity index (χ2v) is 3.75. The average molecular weight is 273 g/mol. The molecule has 0 aliphatic rings. The fraction of sp³-hybridized carbons (Fsp3) is 0.462. The van der Waals surface area contributed by atoms with Crippen LogP contribution in [0.2, 0.25) is 0 Å². The first-order valence-corrected chi connectivity index (χ1v) is 5.93. The number of carbonyl (C=O) groups excluding carboxylic acids is 1. The Kier molecular flexibility index (Phi) is 9.28. The minimum absolute atomic E-state index is 0. The first-order valence-electron chi connectivity index (χ1n) is 5.93. The van der Waals surface area contributed by atoms with E-state index < -0.39 is 0 Å². The van der Waals surface area contributed by atoms with Crippen LogP contribution in [0.25, 0.3) is 0 Å². The van der Waals surface area contributed by atoms with E-state index in [-0.39, 0.29) is 18.3 Å². The third kappa shape index (κ3) is 6.59. The van der Waals surface area contributed by atoms with Gasteiger partial charge in [0.05, 0.1) is 0 Å². The summed E-state index contributed by atoms with van der Waals surface area (Å²) in [5.41, 5.74) is 7.36. The number of amides is 1. The van der Waals surface area contributed by atoms with E-state index in [1.165, 1.54) is 0 Å². The van der Waals surface area contributed by atoms with Crippen LogP contribution in [-0.2, 0) is 16.1 Å². The topological polar surface area (TPSA) is 64.3 Å². The van der Waals surface area contributed by atoms with Crippen molar-refractivity contribution >= 4 is 24.0 Å². The Morgan fingerprint density at radius 2 is 2.00 bits per heavy atom. The van der Waals surface area contributed by atoms with Gasteiger partial charge in [0.2, 0.25) is 5.91 Å². The molecule has 1 amide bonds. The predicted molar refractivity (Wildman–Crippen MR) is 75.9 cm³/mol. The van der Waals surface area contributed by atoms with Gasteiger partial charge in [-0.25, -0.2) is 0 Å². The van der Waals surface area contributed by atoms with Gasteiger partial charge in [0.15, 0.2) is 0 Å². The molecule has 102 valence electrons. The molecule has 0 radical (unpaired) electrons. The lowest BCUT2D eigenvalue weighted by Gasteiger charge is -2.06. The van der Waals surface area contributed by atoms with Crippen LogP contribution in [0.3, 0.4) is 0 Å². The van der Waals surface area contributed by atoms with Gasteiger partial charge in [-0.1, -0.05) is 12.1 Å². The van der Waals surface area contributed by atoms with E-state index in [9.17, 15) is 4.79 Å². The van der Waals surface area contributed by atoms with Crippen molar-refractivity contribution in [2.45, 2.75) is 26.3 Å². The van der Waals surface area contributed by atoms with Crippen LogP contribution >= 0.6 is 12.4 Å². The van der Waals surface area contributed by atoms with Gasteiger partial charge in [-0.15, -0.1) is 12.4 Å². The highest BCUT2D eigenvalue weighted by Crippen LogP contribution is 2.09. The highest BCUT2D eigenvalue weighted by Gasteiger charge is 2.01. The first-order chi connectivity index (χ1) is 8.26. The summed E-state index contributed by atoms with van der Waals surface area (Å²) in [7, 11) is 0. The van der Waals surface area contributed by atoms with Crippen molar-refractivity contribution < 1.29 is 9.53 Å². The maximum absolute atomic E-state index is 11.5. The molecule has 18 heavy (non-hydrogen) atoms. The number of anilines is 1. The Labute approximate surface area is 114 Å². The summed E-state index contributed by atoms with van der Waals surface area (Å²) in [6.07, 6.45) is 1.24. The quantitative estimate of drug-likeness (QED) is 0.749. The number of halogens is 1. The molecule has 3 N–H and O–H groups in total. The monoisotopic (exact) mass is 272 g/mol. The van der Waals surface area contributed by atoms with Crippen molar-refractivity contribution in [3.63, 3.8) is 0 Å². The van der Waals surface area contributed by atoms with Gasteiger partial charge in [-0.05, 0) is 31.0 Å². The van der Waals surface area contributed by atoms with Gasteiger partial charge < -0.3 is 15.8 Å². The van der Waals surface area contributed by atoms with E-state index in [1.54, 1.807) is 0 Å². The second kappa shape index (κ2) is 9.88. The molecule has 0 saturated heterocycles. The molecule has 0 atom stereocenters. The molecule has 0 fully saturated rings. The molecule has 0 spiro atoms. The number of carbonyl (C=O) groups is 1. The summed E-state index contributed by atoms with van der Waals surface area (Å²) in [4.78, 5) is 11.5. The lowest BCUT2D eigenvalue weighted by Crippen LogP contribution is -2.12. The Balaban J connectivity index is 0.00000289. The summed E-state index contributed by atoms with van der Waals surface area (Å²) in [5, 5.41) is 2.83. The smallest absolute Gasteiger partial charge is 0.224 e. The lowest BCUT2D eigenvalue weighted by atomic mass is 10.2.